The Morgan fingerprint density at radius 1 is 1.00 bits per heavy atom. The summed E-state index contributed by atoms with van der Waals surface area (Å²) in [4.78, 5) is 2.29. The summed E-state index contributed by atoms with van der Waals surface area (Å²) < 4.78 is 0. The van der Waals surface area contributed by atoms with Gasteiger partial charge >= 0.3 is 0 Å². The van der Waals surface area contributed by atoms with Crippen molar-refractivity contribution in [2.24, 2.45) is 0 Å². The van der Waals surface area contributed by atoms with Crippen LogP contribution < -0.4 is 4.90 Å². The first-order chi connectivity index (χ1) is 8.83. The lowest BCUT2D eigenvalue weighted by Gasteiger charge is -2.23. The molecule has 0 aliphatic rings. The van der Waals surface area contributed by atoms with Crippen molar-refractivity contribution in [1.82, 2.24) is 0 Å². The molecule has 0 radical (unpaired) electrons. The predicted octanol–water partition coefficient (Wildman–Crippen LogP) is 3.58. The summed E-state index contributed by atoms with van der Waals surface area (Å²) in [5.74, 6) is 0. The van der Waals surface area contributed by atoms with Gasteiger partial charge in [0.15, 0.2) is 0 Å². The van der Waals surface area contributed by atoms with Crippen molar-refractivity contribution in [1.29, 1.82) is 5.26 Å². The zero-order chi connectivity index (χ0) is 12.8. The highest BCUT2D eigenvalue weighted by atomic mass is 15.1. The van der Waals surface area contributed by atoms with Crippen LogP contribution in [0.2, 0.25) is 0 Å². The molecule has 2 heteroatoms. The second kappa shape index (κ2) is 5.88. The summed E-state index contributed by atoms with van der Waals surface area (Å²) in [7, 11) is 0. The van der Waals surface area contributed by atoms with E-state index in [1.807, 2.05) is 30.3 Å². The smallest absolute Gasteiger partial charge is 0.0991 e. The number of hydrogen-bond acceptors (Lipinski definition) is 2. The average molecular weight is 236 g/mol. The number of hydrogen-bond donors (Lipinski definition) is 0. The van der Waals surface area contributed by atoms with Gasteiger partial charge in [0.05, 0.1) is 11.6 Å². The van der Waals surface area contributed by atoms with Gasteiger partial charge in [-0.1, -0.05) is 30.3 Å². The lowest BCUT2D eigenvalue weighted by Crippen LogP contribution is -2.21. The van der Waals surface area contributed by atoms with Crippen LogP contribution >= 0.6 is 0 Å². The molecule has 0 heterocycles. The zero-order valence-electron chi connectivity index (χ0n) is 10.5. The number of rotatable bonds is 4. The lowest BCUT2D eigenvalue weighted by atomic mass is 10.1. The highest BCUT2D eigenvalue weighted by Gasteiger charge is 2.04. The summed E-state index contributed by atoms with van der Waals surface area (Å²) >= 11 is 0. The molecule has 0 unspecified atom stereocenters. The van der Waals surface area contributed by atoms with Gasteiger partial charge in [0.1, 0.15) is 0 Å². The summed E-state index contributed by atoms with van der Waals surface area (Å²) in [6.45, 7) is 3.98. The van der Waals surface area contributed by atoms with Crippen LogP contribution in [-0.4, -0.2) is 6.54 Å². The molecule has 2 aromatic carbocycles. The van der Waals surface area contributed by atoms with E-state index in [-0.39, 0.29) is 0 Å². The van der Waals surface area contributed by atoms with Crippen LogP contribution in [0.5, 0.6) is 0 Å². The molecule has 2 aromatic rings. The molecule has 0 amide bonds. The first-order valence-electron chi connectivity index (χ1n) is 6.12. The van der Waals surface area contributed by atoms with Gasteiger partial charge in [-0.25, -0.2) is 0 Å². The van der Waals surface area contributed by atoms with Gasteiger partial charge in [-0.05, 0) is 36.8 Å². The molecule has 0 atom stereocenters. The minimum atomic E-state index is 0.703. The highest BCUT2D eigenvalue weighted by molar-refractivity contribution is 5.50. The molecule has 0 fully saturated rings. The first-order valence-corrected chi connectivity index (χ1v) is 6.12. The number of anilines is 1. The van der Waals surface area contributed by atoms with Crippen molar-refractivity contribution in [2.75, 3.05) is 11.4 Å². The maximum atomic E-state index is 8.80. The Kier molecular flexibility index (Phi) is 3.98. The topological polar surface area (TPSA) is 27.0 Å². The Bertz CT molecular complexity index is 523. The molecule has 18 heavy (non-hydrogen) atoms. The Hall–Kier alpha value is -2.27. The highest BCUT2D eigenvalue weighted by Crippen LogP contribution is 2.17. The van der Waals surface area contributed by atoms with Gasteiger partial charge < -0.3 is 4.90 Å². The van der Waals surface area contributed by atoms with E-state index in [2.05, 4.69) is 42.2 Å². The summed E-state index contributed by atoms with van der Waals surface area (Å²) in [6.07, 6.45) is 0. The molecular formula is C16H16N2. The van der Waals surface area contributed by atoms with E-state index in [9.17, 15) is 0 Å². The number of nitriles is 1. The fraction of sp³-hybridized carbons (Fsp3) is 0.188. The quantitative estimate of drug-likeness (QED) is 0.811. The molecule has 0 saturated heterocycles. The second-order valence-corrected chi connectivity index (χ2v) is 4.16. The molecule has 0 aliphatic heterocycles. The van der Waals surface area contributed by atoms with Crippen LogP contribution in [0, 0.1) is 11.3 Å². The van der Waals surface area contributed by atoms with Gasteiger partial charge in [-0.15, -0.1) is 0 Å². The van der Waals surface area contributed by atoms with Crippen LogP contribution in [-0.2, 0) is 6.54 Å². The van der Waals surface area contributed by atoms with E-state index < -0.39 is 0 Å². The van der Waals surface area contributed by atoms with Crippen molar-refractivity contribution in [3.63, 3.8) is 0 Å². The minimum Gasteiger partial charge on any atom is -0.367 e. The Morgan fingerprint density at radius 2 is 1.67 bits per heavy atom. The molecule has 0 aromatic heterocycles. The Morgan fingerprint density at radius 3 is 2.22 bits per heavy atom. The third-order valence-electron chi connectivity index (χ3n) is 2.96. The fourth-order valence-corrected chi connectivity index (χ4v) is 1.94. The molecule has 0 N–H and O–H groups in total. The van der Waals surface area contributed by atoms with E-state index in [4.69, 9.17) is 5.26 Å². The van der Waals surface area contributed by atoms with Crippen LogP contribution in [0.3, 0.4) is 0 Å². The van der Waals surface area contributed by atoms with E-state index >= 15 is 0 Å². The predicted molar refractivity (Wildman–Crippen MR) is 74.3 cm³/mol. The maximum Gasteiger partial charge on any atom is 0.0991 e. The second-order valence-electron chi connectivity index (χ2n) is 4.16. The lowest BCUT2D eigenvalue weighted by molar-refractivity contribution is 0.832. The van der Waals surface area contributed by atoms with Crippen molar-refractivity contribution < 1.29 is 0 Å². The van der Waals surface area contributed by atoms with Gasteiger partial charge in [0.25, 0.3) is 0 Å². The van der Waals surface area contributed by atoms with E-state index in [0.717, 1.165) is 18.8 Å². The largest absolute Gasteiger partial charge is 0.367 e. The molecule has 0 bridgehead atoms. The molecule has 2 nitrogen and oxygen atoms in total. The molecule has 2 rings (SSSR count). The normalized spacial score (nSPS) is 9.78. The average Bonchev–Trinajstić information content (AvgIpc) is 2.46. The Balaban J connectivity index is 2.15. The van der Waals surface area contributed by atoms with Gasteiger partial charge in [-0.2, -0.15) is 5.26 Å². The van der Waals surface area contributed by atoms with E-state index in [1.54, 1.807) is 0 Å². The monoisotopic (exact) mass is 236 g/mol. The van der Waals surface area contributed by atoms with Gasteiger partial charge in [-0.3, -0.25) is 0 Å². The number of benzene rings is 2. The molecule has 0 aliphatic carbocycles. The molecule has 90 valence electrons. The van der Waals surface area contributed by atoms with Crippen molar-refractivity contribution in [3.8, 4) is 6.07 Å². The van der Waals surface area contributed by atoms with Gasteiger partial charge in [0, 0.05) is 18.8 Å². The summed E-state index contributed by atoms with van der Waals surface area (Å²) in [6, 6.07) is 20.3. The van der Waals surface area contributed by atoms with Crippen molar-refractivity contribution in [3.05, 3.63) is 65.7 Å². The van der Waals surface area contributed by atoms with Crippen LogP contribution in [0.25, 0.3) is 0 Å². The Labute approximate surface area is 108 Å². The summed E-state index contributed by atoms with van der Waals surface area (Å²) in [5.41, 5.74) is 3.15. The van der Waals surface area contributed by atoms with Gasteiger partial charge in [0.2, 0.25) is 0 Å². The third kappa shape index (κ3) is 2.89. The van der Waals surface area contributed by atoms with Crippen molar-refractivity contribution >= 4 is 5.69 Å². The number of nitrogens with zero attached hydrogens (tertiary/aromatic N) is 2. The molecular weight excluding hydrogens is 220 g/mol. The summed E-state index contributed by atoms with van der Waals surface area (Å²) in [5, 5.41) is 8.80. The SMILES string of the molecule is CCN(Cc1ccccc1)c1ccc(C#N)cc1. The fourth-order valence-electron chi connectivity index (χ4n) is 1.94. The van der Waals surface area contributed by atoms with E-state index in [0.29, 0.717) is 5.56 Å². The molecule has 0 saturated carbocycles. The van der Waals surface area contributed by atoms with Crippen molar-refractivity contribution in [2.45, 2.75) is 13.5 Å². The van der Waals surface area contributed by atoms with Crippen LogP contribution in [0.4, 0.5) is 5.69 Å². The van der Waals surface area contributed by atoms with Crippen LogP contribution in [0.1, 0.15) is 18.1 Å². The molecule has 0 spiro atoms. The van der Waals surface area contributed by atoms with E-state index in [1.165, 1.54) is 5.56 Å². The zero-order valence-corrected chi connectivity index (χ0v) is 10.5. The standard InChI is InChI=1S/C16H16N2/c1-2-18(13-15-6-4-3-5-7-15)16-10-8-14(12-17)9-11-16/h3-11H,2,13H2,1H3. The first kappa shape index (κ1) is 12.2. The maximum absolute atomic E-state index is 8.80. The minimum absolute atomic E-state index is 0.703. The van der Waals surface area contributed by atoms with Crippen LogP contribution in [0.15, 0.2) is 54.6 Å². The third-order valence-corrected chi connectivity index (χ3v) is 2.96.